The van der Waals surface area contributed by atoms with E-state index in [1.165, 1.54) is 0 Å². The largest absolute Gasteiger partial charge is 0.358 e. The van der Waals surface area contributed by atoms with Crippen LogP contribution in [-0.4, -0.2) is 19.0 Å². The van der Waals surface area contributed by atoms with Gasteiger partial charge in [-0.15, -0.1) is 0 Å². The fourth-order valence-electron chi connectivity index (χ4n) is 1.25. The first-order valence-electron chi connectivity index (χ1n) is 4.63. The molecule has 0 heterocycles. The molecule has 1 aromatic carbocycles. The molecule has 0 bridgehead atoms. The highest BCUT2D eigenvalue weighted by Gasteiger charge is 2.11. The molecule has 1 atom stereocenters. The van der Waals surface area contributed by atoms with Crippen LogP contribution in [0.3, 0.4) is 0 Å². The number of nitrogens with zero attached hydrogens (tertiary/aromatic N) is 1. The Labute approximate surface area is 88.7 Å². The molecule has 3 N–H and O–H groups in total. The summed E-state index contributed by atoms with van der Waals surface area (Å²) in [6.07, 6.45) is 0.478. The molecule has 0 spiro atoms. The fourth-order valence-corrected chi connectivity index (χ4v) is 1.25. The van der Waals surface area contributed by atoms with Crippen molar-refractivity contribution in [2.24, 2.45) is 5.73 Å². The van der Waals surface area contributed by atoms with E-state index in [2.05, 4.69) is 5.32 Å². The quantitative estimate of drug-likeness (QED) is 0.735. The van der Waals surface area contributed by atoms with Crippen molar-refractivity contribution in [3.8, 4) is 6.07 Å². The minimum atomic E-state index is -0.539. The minimum Gasteiger partial charge on any atom is -0.358 e. The molecular formula is C11H13N3O. The Kier molecular flexibility index (Phi) is 3.83. The Bertz CT molecular complexity index is 378. The second-order valence-electron chi connectivity index (χ2n) is 3.23. The second-order valence-corrected chi connectivity index (χ2v) is 3.23. The number of carbonyl (C=O) groups excluding carboxylic acids is 1. The number of carbonyl (C=O) groups is 1. The number of likely N-dealkylation sites (N-methyl/N-ethyl adjacent to an activating group) is 1. The fraction of sp³-hybridized carbons (Fsp3) is 0.273. The number of hydrogen-bond donors (Lipinski definition) is 2. The van der Waals surface area contributed by atoms with Crippen LogP contribution in [0, 0.1) is 11.3 Å². The van der Waals surface area contributed by atoms with E-state index in [0.717, 1.165) is 5.56 Å². The molecule has 0 radical (unpaired) electrons. The van der Waals surface area contributed by atoms with E-state index in [9.17, 15) is 4.79 Å². The molecule has 1 aromatic rings. The molecule has 0 aliphatic rings. The Hall–Kier alpha value is -1.86. The number of benzene rings is 1. The van der Waals surface area contributed by atoms with Crippen molar-refractivity contribution in [3.63, 3.8) is 0 Å². The van der Waals surface area contributed by atoms with Crippen molar-refractivity contribution in [2.75, 3.05) is 7.05 Å². The zero-order valence-electron chi connectivity index (χ0n) is 8.53. The molecule has 0 saturated carbocycles. The molecule has 0 aromatic heterocycles. The Balaban J connectivity index is 2.66. The second kappa shape index (κ2) is 5.13. The van der Waals surface area contributed by atoms with Crippen LogP contribution in [0.1, 0.15) is 11.1 Å². The summed E-state index contributed by atoms with van der Waals surface area (Å²) >= 11 is 0. The van der Waals surface area contributed by atoms with Crippen LogP contribution in [0.2, 0.25) is 0 Å². The zero-order chi connectivity index (χ0) is 11.3. The maximum atomic E-state index is 11.2. The lowest BCUT2D eigenvalue weighted by Gasteiger charge is -2.09. The van der Waals surface area contributed by atoms with E-state index >= 15 is 0 Å². The topological polar surface area (TPSA) is 78.9 Å². The highest BCUT2D eigenvalue weighted by atomic mass is 16.2. The van der Waals surface area contributed by atoms with Gasteiger partial charge in [0, 0.05) is 7.05 Å². The van der Waals surface area contributed by atoms with Crippen molar-refractivity contribution in [1.29, 1.82) is 5.26 Å². The van der Waals surface area contributed by atoms with Gasteiger partial charge in [0.25, 0.3) is 0 Å². The van der Waals surface area contributed by atoms with Crippen molar-refractivity contribution < 1.29 is 4.79 Å². The Morgan fingerprint density at radius 2 is 2.13 bits per heavy atom. The van der Waals surface area contributed by atoms with Gasteiger partial charge >= 0.3 is 0 Å². The maximum absolute atomic E-state index is 11.2. The zero-order valence-corrected chi connectivity index (χ0v) is 8.53. The van der Waals surface area contributed by atoms with E-state index in [4.69, 9.17) is 11.0 Å². The van der Waals surface area contributed by atoms with Gasteiger partial charge < -0.3 is 11.1 Å². The van der Waals surface area contributed by atoms with E-state index < -0.39 is 6.04 Å². The number of nitriles is 1. The third kappa shape index (κ3) is 3.08. The molecule has 0 saturated heterocycles. The van der Waals surface area contributed by atoms with Crippen molar-refractivity contribution in [2.45, 2.75) is 12.5 Å². The molecule has 78 valence electrons. The number of nitrogens with one attached hydrogen (secondary N) is 1. The lowest BCUT2D eigenvalue weighted by molar-refractivity contribution is -0.121. The van der Waals surface area contributed by atoms with E-state index in [1.807, 2.05) is 6.07 Å². The predicted molar refractivity (Wildman–Crippen MR) is 56.9 cm³/mol. The summed E-state index contributed by atoms with van der Waals surface area (Å²) in [5.74, 6) is -0.181. The van der Waals surface area contributed by atoms with Gasteiger partial charge in [0.05, 0.1) is 17.7 Å². The number of rotatable bonds is 3. The first-order valence-corrected chi connectivity index (χ1v) is 4.63. The summed E-state index contributed by atoms with van der Waals surface area (Å²) in [6, 6.07) is 8.53. The van der Waals surface area contributed by atoms with Gasteiger partial charge in [0.1, 0.15) is 0 Å². The molecule has 15 heavy (non-hydrogen) atoms. The molecule has 4 heteroatoms. The number of amides is 1. The average Bonchev–Trinajstić information content (AvgIpc) is 2.29. The van der Waals surface area contributed by atoms with Crippen LogP contribution in [-0.2, 0) is 11.2 Å². The average molecular weight is 203 g/mol. The Morgan fingerprint density at radius 1 is 1.53 bits per heavy atom. The van der Waals surface area contributed by atoms with Crippen LogP contribution >= 0.6 is 0 Å². The van der Waals surface area contributed by atoms with Gasteiger partial charge in [-0.1, -0.05) is 12.1 Å². The van der Waals surface area contributed by atoms with Crippen molar-refractivity contribution in [1.82, 2.24) is 5.32 Å². The van der Waals surface area contributed by atoms with Crippen LogP contribution in [0.5, 0.6) is 0 Å². The summed E-state index contributed by atoms with van der Waals surface area (Å²) in [6.45, 7) is 0. The minimum absolute atomic E-state index is 0.181. The van der Waals surface area contributed by atoms with E-state index in [-0.39, 0.29) is 5.91 Å². The third-order valence-electron chi connectivity index (χ3n) is 2.12. The first-order chi connectivity index (χ1) is 7.17. The van der Waals surface area contributed by atoms with Gasteiger partial charge in [-0.05, 0) is 24.1 Å². The summed E-state index contributed by atoms with van der Waals surface area (Å²) in [5.41, 5.74) is 7.21. The SMILES string of the molecule is CNC(=O)[C@H](N)Cc1ccc(C#N)cc1. The molecule has 0 unspecified atom stereocenters. The normalized spacial score (nSPS) is 11.5. The number of nitrogens with two attached hydrogens (primary N) is 1. The maximum Gasteiger partial charge on any atom is 0.237 e. The molecule has 1 amide bonds. The molecule has 0 aliphatic carbocycles. The summed E-state index contributed by atoms with van der Waals surface area (Å²) in [5, 5.41) is 11.1. The lowest BCUT2D eigenvalue weighted by Crippen LogP contribution is -2.40. The summed E-state index contributed by atoms with van der Waals surface area (Å²) < 4.78 is 0. The van der Waals surface area contributed by atoms with Crippen LogP contribution < -0.4 is 11.1 Å². The summed E-state index contributed by atoms with van der Waals surface area (Å²) in [4.78, 5) is 11.2. The highest BCUT2D eigenvalue weighted by Crippen LogP contribution is 2.05. The first kappa shape index (κ1) is 11.2. The van der Waals surface area contributed by atoms with Gasteiger partial charge in [-0.25, -0.2) is 0 Å². The lowest BCUT2D eigenvalue weighted by atomic mass is 10.0. The third-order valence-corrected chi connectivity index (χ3v) is 2.12. The van der Waals surface area contributed by atoms with Crippen LogP contribution in [0.25, 0.3) is 0 Å². The molecular weight excluding hydrogens is 190 g/mol. The van der Waals surface area contributed by atoms with Gasteiger partial charge in [0.15, 0.2) is 0 Å². The van der Waals surface area contributed by atoms with E-state index in [0.29, 0.717) is 12.0 Å². The standard InChI is InChI=1S/C11H13N3O/c1-14-11(15)10(13)6-8-2-4-9(7-12)5-3-8/h2-5,10H,6,13H2,1H3,(H,14,15)/t10-/m1/s1. The highest BCUT2D eigenvalue weighted by molar-refractivity contribution is 5.81. The summed E-state index contributed by atoms with van der Waals surface area (Å²) in [7, 11) is 1.56. The monoisotopic (exact) mass is 203 g/mol. The van der Waals surface area contributed by atoms with Gasteiger partial charge in [-0.2, -0.15) is 5.26 Å². The molecule has 4 nitrogen and oxygen atoms in total. The van der Waals surface area contributed by atoms with Crippen molar-refractivity contribution >= 4 is 5.91 Å². The smallest absolute Gasteiger partial charge is 0.237 e. The molecule has 0 aliphatic heterocycles. The van der Waals surface area contributed by atoms with Gasteiger partial charge in [-0.3, -0.25) is 4.79 Å². The van der Waals surface area contributed by atoms with E-state index in [1.54, 1.807) is 31.3 Å². The van der Waals surface area contributed by atoms with Crippen LogP contribution in [0.15, 0.2) is 24.3 Å². The number of hydrogen-bond acceptors (Lipinski definition) is 3. The predicted octanol–water partition coefficient (Wildman–Crippen LogP) is 0.174. The van der Waals surface area contributed by atoms with Crippen molar-refractivity contribution in [3.05, 3.63) is 35.4 Å². The molecule has 1 rings (SSSR count). The molecule has 0 fully saturated rings. The Morgan fingerprint density at radius 3 is 2.60 bits per heavy atom. The van der Waals surface area contributed by atoms with Crippen LogP contribution in [0.4, 0.5) is 0 Å². The van der Waals surface area contributed by atoms with Gasteiger partial charge in [0.2, 0.25) is 5.91 Å².